The van der Waals surface area contributed by atoms with Gasteiger partial charge in [0, 0.05) is 24.0 Å². The number of hydrogen-bond acceptors (Lipinski definition) is 5. The molecule has 0 atom stereocenters. The van der Waals surface area contributed by atoms with Crippen molar-refractivity contribution in [2.24, 2.45) is 0 Å². The fourth-order valence-electron chi connectivity index (χ4n) is 1.99. The van der Waals surface area contributed by atoms with Crippen molar-refractivity contribution in [1.82, 2.24) is 9.62 Å². The van der Waals surface area contributed by atoms with Crippen LogP contribution in [0.1, 0.15) is 11.8 Å². The number of morpholine rings is 1. The molecular formula is C15H20N2O4S2. The molecule has 0 spiro atoms. The third kappa shape index (κ3) is 5.00. The number of rotatable bonds is 6. The van der Waals surface area contributed by atoms with Gasteiger partial charge in [-0.05, 0) is 19.1 Å². The van der Waals surface area contributed by atoms with E-state index in [1.54, 1.807) is 24.3 Å². The summed E-state index contributed by atoms with van der Waals surface area (Å²) in [4.78, 5) is 12.4. The predicted octanol–water partition coefficient (Wildman–Crippen LogP) is 1.52. The number of amides is 1. The van der Waals surface area contributed by atoms with Gasteiger partial charge in [-0.3, -0.25) is 4.79 Å². The minimum absolute atomic E-state index is 0.214. The molecule has 0 saturated carbocycles. The number of ether oxygens (including phenoxy) is 1. The molecule has 0 radical (unpaired) electrons. The van der Waals surface area contributed by atoms with Gasteiger partial charge in [0.25, 0.3) is 10.0 Å². The van der Waals surface area contributed by atoms with Gasteiger partial charge in [0.2, 0.25) is 5.91 Å². The van der Waals surface area contributed by atoms with Gasteiger partial charge in [-0.15, -0.1) is 11.3 Å². The fourth-order valence-corrected chi connectivity index (χ4v) is 4.85. The van der Waals surface area contributed by atoms with Crippen molar-refractivity contribution < 1.29 is 17.9 Å². The second-order valence-electron chi connectivity index (χ2n) is 4.84. The maximum Gasteiger partial charge on any atom is 0.252 e. The van der Waals surface area contributed by atoms with E-state index in [1.807, 2.05) is 13.0 Å². The van der Waals surface area contributed by atoms with Crippen LogP contribution in [-0.4, -0.2) is 44.9 Å². The number of carbonyl (C=O) groups excluding carboxylic acids is 1. The molecular weight excluding hydrogens is 336 g/mol. The lowest BCUT2D eigenvalue weighted by atomic mass is 10.4. The quantitative estimate of drug-likeness (QED) is 0.619. The molecule has 2 rings (SSSR count). The Labute approximate surface area is 140 Å². The van der Waals surface area contributed by atoms with E-state index in [-0.39, 0.29) is 5.91 Å². The molecule has 1 N–H and O–H groups in total. The molecule has 1 saturated heterocycles. The number of allylic oxidation sites excluding steroid dienone is 3. The summed E-state index contributed by atoms with van der Waals surface area (Å²) in [5.41, 5.74) is 0. The van der Waals surface area contributed by atoms with Gasteiger partial charge in [0.1, 0.15) is 4.21 Å². The Hall–Kier alpha value is -1.48. The third-order valence-corrected chi connectivity index (χ3v) is 6.64. The average molecular weight is 356 g/mol. The second-order valence-corrected chi connectivity index (χ2v) is 8.17. The van der Waals surface area contributed by atoms with Gasteiger partial charge < -0.3 is 10.1 Å². The molecule has 0 aliphatic carbocycles. The molecule has 126 valence electrons. The van der Waals surface area contributed by atoms with Crippen molar-refractivity contribution in [3.8, 4) is 0 Å². The summed E-state index contributed by atoms with van der Waals surface area (Å²) in [5, 5.41) is 2.72. The van der Waals surface area contributed by atoms with Crippen LogP contribution < -0.4 is 5.32 Å². The van der Waals surface area contributed by atoms with Gasteiger partial charge in [-0.25, -0.2) is 8.42 Å². The van der Waals surface area contributed by atoms with E-state index in [2.05, 4.69) is 5.32 Å². The summed E-state index contributed by atoms with van der Waals surface area (Å²) in [6.45, 7) is 3.77. The Morgan fingerprint density at radius 3 is 2.78 bits per heavy atom. The molecule has 1 fully saturated rings. The van der Waals surface area contributed by atoms with E-state index in [0.717, 1.165) is 4.88 Å². The largest absolute Gasteiger partial charge is 0.379 e. The predicted molar refractivity (Wildman–Crippen MR) is 89.7 cm³/mol. The van der Waals surface area contributed by atoms with Crippen LogP contribution in [0.3, 0.4) is 0 Å². The first-order valence-electron chi connectivity index (χ1n) is 7.28. The summed E-state index contributed by atoms with van der Waals surface area (Å²) in [5.74, 6) is -0.214. The van der Waals surface area contributed by atoms with Crippen LogP contribution in [0.15, 0.2) is 40.6 Å². The maximum atomic E-state index is 12.5. The van der Waals surface area contributed by atoms with Crippen LogP contribution in [0, 0.1) is 0 Å². The van der Waals surface area contributed by atoms with E-state index in [9.17, 15) is 13.2 Å². The fraction of sp³-hybridized carbons (Fsp3) is 0.400. The zero-order valence-corrected chi connectivity index (χ0v) is 14.5. The number of sulfonamides is 1. The molecule has 2 heterocycles. The van der Waals surface area contributed by atoms with Crippen LogP contribution in [0.5, 0.6) is 0 Å². The molecule has 1 aromatic rings. The smallest absolute Gasteiger partial charge is 0.252 e. The van der Waals surface area contributed by atoms with Crippen LogP contribution in [-0.2, 0) is 26.1 Å². The van der Waals surface area contributed by atoms with E-state index in [4.69, 9.17) is 4.74 Å². The molecule has 1 aliphatic rings. The van der Waals surface area contributed by atoms with E-state index in [0.29, 0.717) is 37.1 Å². The molecule has 0 bridgehead atoms. The summed E-state index contributed by atoms with van der Waals surface area (Å²) >= 11 is 1.18. The minimum atomic E-state index is -3.46. The van der Waals surface area contributed by atoms with Gasteiger partial charge in [0.15, 0.2) is 0 Å². The van der Waals surface area contributed by atoms with Crippen LogP contribution >= 0.6 is 11.3 Å². The zero-order valence-electron chi connectivity index (χ0n) is 12.9. The molecule has 1 amide bonds. The highest BCUT2D eigenvalue weighted by atomic mass is 32.2. The monoisotopic (exact) mass is 356 g/mol. The van der Waals surface area contributed by atoms with Crippen molar-refractivity contribution >= 4 is 27.3 Å². The first kappa shape index (κ1) is 17.9. The highest BCUT2D eigenvalue weighted by molar-refractivity contribution is 7.91. The molecule has 8 heteroatoms. The Balaban J connectivity index is 1.96. The van der Waals surface area contributed by atoms with E-state index in [1.165, 1.54) is 21.7 Å². The first-order chi connectivity index (χ1) is 11.0. The number of thiophene rings is 1. The normalized spacial score (nSPS) is 17.1. The summed E-state index contributed by atoms with van der Waals surface area (Å²) in [6.07, 6.45) is 6.67. The van der Waals surface area contributed by atoms with E-state index >= 15 is 0 Å². The lowest BCUT2D eigenvalue weighted by molar-refractivity contribution is -0.116. The van der Waals surface area contributed by atoms with Crippen molar-refractivity contribution in [3.63, 3.8) is 0 Å². The molecule has 1 aliphatic heterocycles. The standard InChI is InChI=1S/C15H20N2O4S2/c1-2-3-4-5-14(18)16-12-13-6-7-15(22-13)23(19,20)17-8-10-21-11-9-17/h2-7H,8-12H2,1H3,(H,16,18)/b3-2+,5-4+. The lowest BCUT2D eigenvalue weighted by Gasteiger charge is -2.25. The summed E-state index contributed by atoms with van der Waals surface area (Å²) in [7, 11) is -3.46. The molecule has 0 unspecified atom stereocenters. The van der Waals surface area contributed by atoms with E-state index < -0.39 is 10.0 Å². The summed E-state index contributed by atoms with van der Waals surface area (Å²) < 4.78 is 31.9. The van der Waals surface area contributed by atoms with Gasteiger partial charge in [-0.2, -0.15) is 4.31 Å². The summed E-state index contributed by atoms with van der Waals surface area (Å²) in [6, 6.07) is 3.32. The highest BCUT2D eigenvalue weighted by Crippen LogP contribution is 2.25. The van der Waals surface area contributed by atoms with Crippen molar-refractivity contribution in [2.45, 2.75) is 17.7 Å². The maximum absolute atomic E-state index is 12.5. The van der Waals surface area contributed by atoms with Gasteiger partial charge >= 0.3 is 0 Å². The number of carbonyl (C=O) groups is 1. The van der Waals surface area contributed by atoms with Crippen LogP contribution in [0.2, 0.25) is 0 Å². The van der Waals surface area contributed by atoms with Crippen molar-refractivity contribution in [1.29, 1.82) is 0 Å². The third-order valence-electron chi connectivity index (χ3n) is 3.19. The number of hydrogen-bond donors (Lipinski definition) is 1. The molecule has 1 aromatic heterocycles. The topological polar surface area (TPSA) is 75.7 Å². The van der Waals surface area contributed by atoms with Crippen molar-refractivity contribution in [3.05, 3.63) is 41.3 Å². The SMILES string of the molecule is C/C=C/C=C/C(=O)NCc1ccc(S(=O)(=O)N2CCOCC2)s1. The Morgan fingerprint density at radius 2 is 2.09 bits per heavy atom. The second kappa shape index (κ2) is 8.39. The Kier molecular flexibility index (Phi) is 6.52. The average Bonchev–Trinajstić information content (AvgIpc) is 3.04. The lowest BCUT2D eigenvalue weighted by Crippen LogP contribution is -2.40. The Bertz CT molecular complexity index is 686. The number of nitrogens with one attached hydrogen (secondary N) is 1. The van der Waals surface area contributed by atoms with Crippen molar-refractivity contribution in [2.75, 3.05) is 26.3 Å². The number of nitrogens with zero attached hydrogens (tertiary/aromatic N) is 1. The Morgan fingerprint density at radius 1 is 1.35 bits per heavy atom. The zero-order chi connectivity index (χ0) is 16.7. The minimum Gasteiger partial charge on any atom is -0.379 e. The van der Waals surface area contributed by atoms with Gasteiger partial charge in [0.05, 0.1) is 19.8 Å². The highest BCUT2D eigenvalue weighted by Gasteiger charge is 2.27. The van der Waals surface area contributed by atoms with Crippen LogP contribution in [0.4, 0.5) is 0 Å². The molecule has 0 aromatic carbocycles. The molecule has 6 nitrogen and oxygen atoms in total. The van der Waals surface area contributed by atoms with Crippen LogP contribution in [0.25, 0.3) is 0 Å². The molecule has 23 heavy (non-hydrogen) atoms. The first-order valence-corrected chi connectivity index (χ1v) is 9.53. The van der Waals surface area contributed by atoms with Gasteiger partial charge in [-0.1, -0.05) is 18.2 Å².